The van der Waals surface area contributed by atoms with Gasteiger partial charge in [0.1, 0.15) is 0 Å². The van der Waals surface area contributed by atoms with E-state index in [4.69, 9.17) is 0 Å². The van der Waals surface area contributed by atoms with Gasteiger partial charge in [-0.2, -0.15) is 0 Å². The van der Waals surface area contributed by atoms with Crippen LogP contribution in [-0.4, -0.2) is 6.71 Å². The quantitative estimate of drug-likeness (QED) is 0.0947. The predicted octanol–water partition coefficient (Wildman–Crippen LogP) is 31.4. The van der Waals surface area contributed by atoms with Crippen LogP contribution in [0.2, 0.25) is 0 Å². The fourth-order valence-electron chi connectivity index (χ4n) is 22.4. The molecule has 6 aliphatic carbocycles. The van der Waals surface area contributed by atoms with Crippen LogP contribution in [-0.2, 0) is 0 Å². The van der Waals surface area contributed by atoms with E-state index in [1.54, 1.807) is 0 Å². The van der Waals surface area contributed by atoms with Gasteiger partial charge in [-0.15, -0.1) is 0 Å². The van der Waals surface area contributed by atoms with Gasteiger partial charge in [0.05, 0.1) is 17.1 Å². The van der Waals surface area contributed by atoms with Crippen LogP contribution in [0.15, 0.2) is 398 Å². The standard InChI is InChI=1S/C120H106BN3/c1-119(2,3)97-66-92-52-53-93-67-98(120(4,5)6)76-107-102(73-96(68-97)114(92)115(93)107)91-59-65-109-111(75-91)124(118-105(88-48-30-14-31-49-88)71-95(83-42-24-11-25-43-83)72-106(118)89-50-32-15-33-51-89)113-78-101(122(99-60-54-84(55-61-99)79-34-16-7-17-35-79)100-62-56-85(57-63-100)80-36-18-8-19-37-80)77-112-116(113)121(109)108-64-58-90(81-38-20-9-21-39-81)74-110(108)123(112)117-103(86-44-26-12-27-45-86)69-94(82-40-22-10-23-41-82)70-104(117)87-46-28-13-29-47-87/h7-9,12-21,26-39,44-66,68-78,82-83,93,114-115H,10-11,22-25,40-43,67H2,1-6H3. The molecule has 14 aromatic carbocycles. The molecule has 2 heterocycles. The summed E-state index contributed by atoms with van der Waals surface area (Å²) in [5.41, 5.74) is 43.2. The van der Waals surface area contributed by atoms with E-state index < -0.39 is 0 Å². The topological polar surface area (TPSA) is 9.72 Å². The summed E-state index contributed by atoms with van der Waals surface area (Å²) >= 11 is 0. The van der Waals surface area contributed by atoms with Crippen LogP contribution >= 0.6 is 0 Å². The highest BCUT2D eigenvalue weighted by molar-refractivity contribution is 7.00. The van der Waals surface area contributed by atoms with E-state index >= 15 is 0 Å². The minimum Gasteiger partial charge on any atom is -0.310 e. The van der Waals surface area contributed by atoms with Crippen molar-refractivity contribution in [3.63, 3.8) is 0 Å². The summed E-state index contributed by atoms with van der Waals surface area (Å²) in [6.07, 6.45) is 28.8. The van der Waals surface area contributed by atoms with E-state index in [1.165, 1.54) is 226 Å². The van der Waals surface area contributed by atoms with Crippen LogP contribution < -0.4 is 31.1 Å². The molecular weight excluding hydrogens is 1490 g/mol. The van der Waals surface area contributed by atoms with Crippen molar-refractivity contribution in [1.29, 1.82) is 0 Å². The van der Waals surface area contributed by atoms with Crippen LogP contribution in [0.4, 0.5) is 51.2 Å². The molecule has 4 heteroatoms. The smallest absolute Gasteiger partial charge is 0.252 e. The van der Waals surface area contributed by atoms with E-state index in [0.717, 1.165) is 40.5 Å². The molecule has 0 spiro atoms. The third-order valence-corrected chi connectivity index (χ3v) is 28.7. The van der Waals surface area contributed by atoms with Gasteiger partial charge in [-0.25, -0.2) is 0 Å². The van der Waals surface area contributed by atoms with Crippen LogP contribution in [0, 0.1) is 28.6 Å². The summed E-state index contributed by atoms with van der Waals surface area (Å²) in [5, 5.41) is 0. The van der Waals surface area contributed by atoms with E-state index in [2.05, 4.69) is 426 Å². The number of fused-ring (bicyclic) bond motifs is 4. The first-order valence-electron chi connectivity index (χ1n) is 45.9. The minimum absolute atomic E-state index is 0.0360. The molecule has 2 saturated carbocycles. The molecule has 0 bridgehead atoms. The van der Waals surface area contributed by atoms with Crippen molar-refractivity contribution < 1.29 is 0 Å². The summed E-state index contributed by atoms with van der Waals surface area (Å²) in [5.74, 6) is 1.73. The summed E-state index contributed by atoms with van der Waals surface area (Å²) in [4.78, 5) is 8.23. The molecule has 0 aromatic heterocycles. The first kappa shape index (κ1) is 77.1. The minimum atomic E-state index is -0.270. The van der Waals surface area contributed by atoms with Gasteiger partial charge >= 0.3 is 0 Å². The fraction of sp³-hybridized carbons (Fsp3) is 0.200. The molecule has 22 rings (SSSR count). The Morgan fingerprint density at radius 2 is 0.702 bits per heavy atom. The SMILES string of the molecule is CC(C)(C)C1=CC2=CC(c3ccc4c(c3)N(c3c(-c5ccccc5)cc(C5CCCCC5)cc3-c3ccccc3)c3cc(N(c5ccc(-c6ccccc6)cc5)c5ccc(-c6ccccc6)cc5)cc5c3B4c3ccc(-c4ccccc4)cc3N5c3c(-c4ccccc4)cc(C4CCCCC4)cc3-c3ccccc3)=C3C=C(C(C)(C)C)CC4C=CC(=C1)C2C34. The molecule has 14 aromatic rings. The number of hydrogen-bond donors (Lipinski definition) is 0. The zero-order valence-electron chi connectivity index (χ0n) is 72.3. The number of nitrogens with zero attached hydrogens (tertiary/aromatic N) is 3. The lowest BCUT2D eigenvalue weighted by molar-refractivity contribution is 0.329. The maximum absolute atomic E-state index is 2.85. The number of rotatable bonds is 15. The molecular formula is C120H106BN3. The predicted molar refractivity (Wildman–Crippen MR) is 527 cm³/mol. The maximum Gasteiger partial charge on any atom is 0.252 e. The van der Waals surface area contributed by atoms with Crippen LogP contribution in [0.1, 0.15) is 141 Å². The third-order valence-electron chi connectivity index (χ3n) is 28.7. The van der Waals surface area contributed by atoms with Gasteiger partial charge in [-0.05, 0) is 250 Å². The highest BCUT2D eigenvalue weighted by Gasteiger charge is 2.49. The summed E-state index contributed by atoms with van der Waals surface area (Å²) < 4.78 is 0. The van der Waals surface area contributed by atoms with Gasteiger partial charge in [0.15, 0.2) is 0 Å². The zero-order chi connectivity index (χ0) is 83.3. The molecule has 0 saturated heterocycles. The molecule has 604 valence electrons. The van der Waals surface area contributed by atoms with Gasteiger partial charge in [0.2, 0.25) is 0 Å². The van der Waals surface area contributed by atoms with Crippen LogP contribution in [0.3, 0.4) is 0 Å². The van der Waals surface area contributed by atoms with Crippen molar-refractivity contribution in [2.24, 2.45) is 28.6 Å². The monoisotopic (exact) mass is 1600 g/mol. The second-order valence-electron chi connectivity index (χ2n) is 38.3. The number of allylic oxidation sites excluding steroid dienone is 12. The normalized spacial score (nSPS) is 17.8. The van der Waals surface area contributed by atoms with E-state index in [-0.39, 0.29) is 29.4 Å². The molecule has 0 amide bonds. The molecule has 2 fully saturated rings. The Kier molecular flexibility index (Phi) is 19.7. The molecule has 8 aliphatic rings. The number of benzene rings is 14. The molecule has 124 heavy (non-hydrogen) atoms. The Hall–Kier alpha value is -13.0. The third kappa shape index (κ3) is 13.9. The molecule has 0 N–H and O–H groups in total. The zero-order valence-corrected chi connectivity index (χ0v) is 72.3. The lowest BCUT2D eigenvalue weighted by Crippen LogP contribution is -2.61. The highest BCUT2D eigenvalue weighted by Crippen LogP contribution is 2.61. The number of hydrogen-bond acceptors (Lipinski definition) is 3. The van der Waals surface area contributed by atoms with Crippen molar-refractivity contribution in [3.8, 4) is 77.9 Å². The molecule has 3 unspecified atom stereocenters. The molecule has 2 aliphatic heterocycles. The van der Waals surface area contributed by atoms with Gasteiger partial charge < -0.3 is 14.7 Å². The summed E-state index contributed by atoms with van der Waals surface area (Å²) in [6.45, 7) is 14.2. The highest BCUT2D eigenvalue weighted by atomic mass is 15.2. The first-order valence-corrected chi connectivity index (χ1v) is 45.9. The fourth-order valence-corrected chi connectivity index (χ4v) is 22.4. The Balaban J connectivity index is 0.916. The first-order chi connectivity index (χ1) is 60.8. The van der Waals surface area contributed by atoms with Crippen LogP contribution in [0.5, 0.6) is 0 Å². The lowest BCUT2D eigenvalue weighted by atomic mass is 9.33. The van der Waals surface area contributed by atoms with Crippen molar-refractivity contribution in [2.45, 2.75) is 124 Å². The Bertz CT molecular complexity index is 6420. The Morgan fingerprint density at radius 1 is 0.323 bits per heavy atom. The Morgan fingerprint density at radius 3 is 1.11 bits per heavy atom. The second kappa shape index (κ2) is 31.7. The largest absolute Gasteiger partial charge is 0.310 e. The van der Waals surface area contributed by atoms with Crippen molar-refractivity contribution in [3.05, 3.63) is 415 Å². The van der Waals surface area contributed by atoms with E-state index in [0.29, 0.717) is 17.8 Å². The summed E-state index contributed by atoms with van der Waals surface area (Å²) in [6, 6.07) is 129. The second-order valence-corrected chi connectivity index (χ2v) is 38.3. The van der Waals surface area contributed by atoms with Crippen molar-refractivity contribution in [1.82, 2.24) is 0 Å². The lowest BCUT2D eigenvalue weighted by Gasteiger charge is -2.48. The number of anilines is 9. The molecule has 3 atom stereocenters. The molecule has 0 radical (unpaired) electrons. The van der Waals surface area contributed by atoms with Crippen molar-refractivity contribution >= 4 is 79.9 Å². The van der Waals surface area contributed by atoms with Crippen molar-refractivity contribution in [2.75, 3.05) is 14.7 Å². The maximum atomic E-state index is 2.85. The Labute approximate surface area is 734 Å². The average molecular weight is 1600 g/mol. The van der Waals surface area contributed by atoms with Gasteiger partial charge in [-0.1, -0.05) is 383 Å². The summed E-state index contributed by atoms with van der Waals surface area (Å²) in [7, 11) is 0. The van der Waals surface area contributed by atoms with E-state index in [9.17, 15) is 0 Å². The van der Waals surface area contributed by atoms with Gasteiger partial charge in [0.25, 0.3) is 6.71 Å². The van der Waals surface area contributed by atoms with Gasteiger partial charge in [0, 0.05) is 68.2 Å². The van der Waals surface area contributed by atoms with E-state index in [1.807, 2.05) is 0 Å². The van der Waals surface area contributed by atoms with Crippen LogP contribution in [0.25, 0.3) is 83.5 Å². The average Bonchev–Trinajstić information content (AvgIpc) is 0.681. The molecule has 3 nitrogen and oxygen atoms in total. The van der Waals surface area contributed by atoms with Gasteiger partial charge in [-0.3, -0.25) is 0 Å².